The van der Waals surface area contributed by atoms with Crippen LogP contribution in [0.4, 0.5) is 0 Å². The highest BCUT2D eigenvalue weighted by Crippen LogP contribution is 2.45. The number of rotatable bonds is 3. The Kier molecular flexibility index (Phi) is 5.51. The molecule has 0 aliphatic rings. The van der Waals surface area contributed by atoms with Crippen molar-refractivity contribution < 1.29 is 4.42 Å². The average molecular weight is 644 g/mol. The third-order valence-electron chi connectivity index (χ3n) is 9.87. The molecule has 0 amide bonds. The summed E-state index contributed by atoms with van der Waals surface area (Å²) in [4.78, 5) is 10.1. The summed E-state index contributed by atoms with van der Waals surface area (Å²) < 4.78 is 11.2. The van der Waals surface area contributed by atoms with Gasteiger partial charge in [0, 0.05) is 42.2 Å². The summed E-state index contributed by atoms with van der Waals surface area (Å²) in [7, 11) is 0. The van der Waals surface area contributed by atoms with Gasteiger partial charge in [-0.05, 0) is 70.4 Å². The molecule has 4 nitrogen and oxygen atoms in total. The van der Waals surface area contributed by atoms with Gasteiger partial charge in [-0.2, -0.15) is 0 Å². The van der Waals surface area contributed by atoms with Crippen molar-refractivity contribution in [2.45, 2.75) is 0 Å². The van der Waals surface area contributed by atoms with Gasteiger partial charge in [0.25, 0.3) is 0 Å². The SMILES string of the molecule is c1ccc(-n2c3ccccc3c3cc(-c4cccc5sc6cccc(-c7cnc8c(n7)oc7ccc9ccccc9c78)c6c45)ccc32)cc1. The van der Waals surface area contributed by atoms with Crippen molar-refractivity contribution in [1.82, 2.24) is 14.5 Å². The highest BCUT2D eigenvalue weighted by atomic mass is 32.1. The van der Waals surface area contributed by atoms with Crippen LogP contribution < -0.4 is 0 Å². The average Bonchev–Trinajstić information content (AvgIpc) is 3.84. The van der Waals surface area contributed by atoms with Gasteiger partial charge in [-0.3, -0.25) is 0 Å². The maximum Gasteiger partial charge on any atom is 0.246 e. The fraction of sp³-hybridized carbons (Fsp3) is 0. The first kappa shape index (κ1) is 26.7. The van der Waals surface area contributed by atoms with Crippen molar-refractivity contribution in [3.05, 3.63) is 152 Å². The molecule has 0 radical (unpaired) electrons. The van der Waals surface area contributed by atoms with Gasteiger partial charge >= 0.3 is 0 Å². The molecule has 4 aromatic heterocycles. The fourth-order valence-corrected chi connectivity index (χ4v) is 8.90. The summed E-state index contributed by atoms with van der Waals surface area (Å²) in [5, 5.41) is 8.21. The molecule has 0 unspecified atom stereocenters. The summed E-state index contributed by atoms with van der Waals surface area (Å²) in [6, 6.07) is 51.8. The Morgan fingerprint density at radius 1 is 0.551 bits per heavy atom. The zero-order valence-electron chi connectivity index (χ0n) is 26.1. The van der Waals surface area contributed by atoms with E-state index in [0.29, 0.717) is 5.71 Å². The maximum absolute atomic E-state index is 6.33. The van der Waals surface area contributed by atoms with Crippen molar-refractivity contribution >= 4 is 86.3 Å². The van der Waals surface area contributed by atoms with E-state index < -0.39 is 0 Å². The number of hydrogen-bond acceptors (Lipinski definition) is 4. The molecule has 0 aliphatic heterocycles. The Balaban J connectivity index is 1.14. The van der Waals surface area contributed by atoms with Crippen molar-refractivity contribution in [2.24, 2.45) is 0 Å². The van der Waals surface area contributed by atoms with Crippen molar-refractivity contribution in [2.75, 3.05) is 0 Å². The van der Waals surface area contributed by atoms with Gasteiger partial charge in [0.15, 0.2) is 0 Å². The fourth-order valence-electron chi connectivity index (χ4n) is 7.75. The van der Waals surface area contributed by atoms with Gasteiger partial charge in [0.1, 0.15) is 11.1 Å². The van der Waals surface area contributed by atoms with E-state index in [9.17, 15) is 0 Å². The van der Waals surface area contributed by atoms with E-state index in [1.54, 1.807) is 0 Å². The van der Waals surface area contributed by atoms with Crippen LogP contribution >= 0.6 is 11.3 Å². The molecule has 0 saturated heterocycles. The van der Waals surface area contributed by atoms with Gasteiger partial charge in [0.05, 0.1) is 28.3 Å². The topological polar surface area (TPSA) is 43.9 Å². The van der Waals surface area contributed by atoms with E-state index in [4.69, 9.17) is 14.4 Å². The third kappa shape index (κ3) is 3.85. The molecule has 228 valence electrons. The van der Waals surface area contributed by atoms with Crippen molar-refractivity contribution in [3.8, 4) is 28.1 Å². The Bertz CT molecular complexity index is 3110. The largest absolute Gasteiger partial charge is 0.436 e. The maximum atomic E-state index is 6.33. The number of fused-ring (bicyclic) bond motifs is 11. The molecular formula is C44H25N3OS. The second kappa shape index (κ2) is 10.1. The van der Waals surface area contributed by atoms with E-state index in [1.807, 2.05) is 23.6 Å². The Hall–Kier alpha value is -6.30. The summed E-state index contributed by atoms with van der Waals surface area (Å²) in [5.41, 5.74) is 9.96. The first-order valence-corrected chi connectivity index (χ1v) is 17.2. The zero-order valence-corrected chi connectivity index (χ0v) is 26.9. The van der Waals surface area contributed by atoms with Gasteiger partial charge in [-0.1, -0.05) is 97.1 Å². The van der Waals surface area contributed by atoms with E-state index in [1.165, 1.54) is 53.1 Å². The van der Waals surface area contributed by atoms with E-state index in [0.717, 1.165) is 44.2 Å². The molecule has 0 fully saturated rings. The Labute approximate surface area is 284 Å². The van der Waals surface area contributed by atoms with Gasteiger partial charge in [-0.15, -0.1) is 11.3 Å². The summed E-state index contributed by atoms with van der Waals surface area (Å²) in [6.45, 7) is 0. The lowest BCUT2D eigenvalue weighted by Gasteiger charge is -2.10. The Morgan fingerprint density at radius 3 is 2.16 bits per heavy atom. The van der Waals surface area contributed by atoms with E-state index in [-0.39, 0.29) is 0 Å². The molecule has 0 saturated carbocycles. The molecular weight excluding hydrogens is 619 g/mol. The van der Waals surface area contributed by atoms with Crippen LogP contribution in [0, 0.1) is 0 Å². The van der Waals surface area contributed by atoms with Crippen molar-refractivity contribution in [3.63, 3.8) is 0 Å². The lowest BCUT2D eigenvalue weighted by molar-refractivity contribution is 0.654. The second-order valence-corrected chi connectivity index (χ2v) is 13.6. The first-order valence-electron chi connectivity index (χ1n) is 16.4. The van der Waals surface area contributed by atoms with Crippen molar-refractivity contribution in [1.29, 1.82) is 0 Å². The molecule has 0 spiro atoms. The van der Waals surface area contributed by atoms with Crippen LogP contribution in [0.1, 0.15) is 0 Å². The molecule has 11 aromatic rings. The zero-order chi connectivity index (χ0) is 32.1. The van der Waals surface area contributed by atoms with Crippen LogP contribution in [0.15, 0.2) is 156 Å². The molecule has 5 heteroatoms. The quantitative estimate of drug-likeness (QED) is 0.192. The molecule has 0 atom stereocenters. The van der Waals surface area contributed by atoms with Crippen LogP contribution in [0.25, 0.3) is 103 Å². The minimum Gasteiger partial charge on any atom is -0.436 e. The predicted molar refractivity (Wildman–Crippen MR) is 205 cm³/mol. The standard InChI is InChI=1S/C44H25N3OS/c1-2-11-28(12-3-1)47-35-17-7-6-14-31(35)33-24-27(20-22-36(33)47)30-15-8-18-38-41(30)42-32(16-9-19-39(42)49-38)34-25-45-43-40-29-13-5-4-10-26(29)21-23-37(40)48-44(43)46-34/h1-25H. The number of benzene rings is 7. The molecule has 0 aliphatic carbocycles. The van der Waals surface area contributed by atoms with Gasteiger partial charge < -0.3 is 8.98 Å². The number of furan rings is 1. The molecule has 4 heterocycles. The first-order chi connectivity index (χ1) is 24.3. The monoisotopic (exact) mass is 643 g/mol. The summed E-state index contributed by atoms with van der Waals surface area (Å²) in [6.07, 6.45) is 1.91. The number of nitrogens with zero attached hydrogens (tertiary/aromatic N) is 3. The number of para-hydroxylation sites is 2. The van der Waals surface area contributed by atoms with Gasteiger partial charge in [-0.25, -0.2) is 9.97 Å². The highest BCUT2D eigenvalue weighted by Gasteiger charge is 2.20. The lowest BCUT2D eigenvalue weighted by atomic mass is 9.95. The second-order valence-electron chi connectivity index (χ2n) is 12.6. The van der Waals surface area contributed by atoms with Gasteiger partial charge in [0.2, 0.25) is 5.71 Å². The molecule has 11 rings (SSSR count). The number of hydrogen-bond donors (Lipinski definition) is 0. The van der Waals surface area contributed by atoms with E-state index >= 15 is 0 Å². The number of thiophene rings is 1. The van der Waals surface area contributed by atoms with Crippen LogP contribution in [0.5, 0.6) is 0 Å². The molecule has 49 heavy (non-hydrogen) atoms. The Morgan fingerprint density at radius 2 is 1.29 bits per heavy atom. The third-order valence-corrected chi connectivity index (χ3v) is 11.0. The predicted octanol–water partition coefficient (Wildman–Crippen LogP) is 12.3. The van der Waals surface area contributed by atoms with E-state index in [2.05, 4.69) is 144 Å². The number of aromatic nitrogens is 3. The molecule has 0 N–H and O–H groups in total. The highest BCUT2D eigenvalue weighted by molar-refractivity contribution is 7.26. The van der Waals surface area contributed by atoms with Crippen LogP contribution in [-0.4, -0.2) is 14.5 Å². The van der Waals surface area contributed by atoms with Crippen LogP contribution in [0.2, 0.25) is 0 Å². The van der Waals surface area contributed by atoms with Crippen LogP contribution in [-0.2, 0) is 0 Å². The van der Waals surface area contributed by atoms with Crippen LogP contribution in [0.3, 0.4) is 0 Å². The normalized spacial score (nSPS) is 12.1. The summed E-state index contributed by atoms with van der Waals surface area (Å²) >= 11 is 1.82. The minimum atomic E-state index is 0.556. The lowest BCUT2D eigenvalue weighted by Crippen LogP contribution is -1.92. The molecule has 0 bridgehead atoms. The molecule has 7 aromatic carbocycles. The minimum absolute atomic E-state index is 0.556. The smallest absolute Gasteiger partial charge is 0.246 e. The summed E-state index contributed by atoms with van der Waals surface area (Å²) in [5.74, 6) is 0.